The van der Waals surface area contributed by atoms with Crippen molar-refractivity contribution in [2.75, 3.05) is 37.7 Å². The number of hydrogen-bond donors (Lipinski definition) is 3. The van der Waals surface area contributed by atoms with Gasteiger partial charge in [0.05, 0.1) is 0 Å². The second-order valence-electron chi connectivity index (χ2n) is 8.40. The standard InChI is InChI=1S/C20H24N7OSSe/c1-12-7-26(5-4-23-12)15-6-14(29-25-20(9-21)10-28-11-20)8-27-17(18(22)30)16(13-2-3-13)24-19(15)27/h6,8,12-13,22-23,25H,2-5,7,10-11H2,1H3. The number of ether oxygens (including phenoxy) is 1. The summed E-state index contributed by atoms with van der Waals surface area (Å²) in [5.41, 5.74) is 3.25. The van der Waals surface area contributed by atoms with Crippen LogP contribution in [0.15, 0.2) is 17.2 Å². The summed E-state index contributed by atoms with van der Waals surface area (Å²) in [4.78, 5) is 8.40. The summed E-state index contributed by atoms with van der Waals surface area (Å²) < 4.78 is 11.0. The van der Waals surface area contributed by atoms with E-state index in [1.54, 1.807) is 0 Å². The fraction of sp³-hybridized carbons (Fsp3) is 0.550. The van der Waals surface area contributed by atoms with Gasteiger partial charge < -0.3 is 0 Å². The molecule has 3 N–H and O–H groups in total. The van der Waals surface area contributed by atoms with E-state index < -0.39 is 5.54 Å². The molecule has 0 aromatic carbocycles. The van der Waals surface area contributed by atoms with Crippen molar-refractivity contribution in [3.05, 3.63) is 23.7 Å². The van der Waals surface area contributed by atoms with Gasteiger partial charge in [0.1, 0.15) is 0 Å². The summed E-state index contributed by atoms with van der Waals surface area (Å²) >= 11 is 4.33. The molecule has 8 nitrogen and oxygen atoms in total. The Kier molecular flexibility index (Phi) is 5.30. The summed E-state index contributed by atoms with van der Waals surface area (Å²) in [6.45, 7) is 5.74. The van der Waals surface area contributed by atoms with Crippen molar-refractivity contribution < 1.29 is 4.74 Å². The quantitative estimate of drug-likeness (QED) is 0.320. The van der Waals surface area contributed by atoms with Gasteiger partial charge in [-0.25, -0.2) is 0 Å². The van der Waals surface area contributed by atoms with Gasteiger partial charge in [-0.05, 0) is 0 Å². The molecule has 3 aliphatic rings. The predicted molar refractivity (Wildman–Crippen MR) is 118 cm³/mol. The second kappa shape index (κ2) is 7.83. The number of rotatable bonds is 6. The van der Waals surface area contributed by atoms with Crippen molar-refractivity contribution in [1.82, 2.24) is 19.4 Å². The third-order valence-electron chi connectivity index (χ3n) is 5.87. The van der Waals surface area contributed by atoms with Crippen LogP contribution in [0.4, 0.5) is 5.69 Å². The first-order valence-corrected chi connectivity index (χ1v) is 11.9. The molecule has 1 saturated carbocycles. The van der Waals surface area contributed by atoms with E-state index in [2.05, 4.69) is 54.4 Å². The number of imidazole rings is 1. The van der Waals surface area contributed by atoms with E-state index in [1.165, 1.54) is 11.9 Å². The molecule has 30 heavy (non-hydrogen) atoms. The molecule has 10 heteroatoms. The number of aromatic nitrogens is 2. The van der Waals surface area contributed by atoms with Crippen molar-refractivity contribution in [3.8, 4) is 6.07 Å². The monoisotopic (exact) mass is 490 g/mol. The van der Waals surface area contributed by atoms with Crippen LogP contribution in [-0.2, 0) is 4.74 Å². The maximum atomic E-state index is 9.49. The minimum absolute atomic E-state index is 0.400. The van der Waals surface area contributed by atoms with Crippen molar-refractivity contribution >= 4 is 43.9 Å². The summed E-state index contributed by atoms with van der Waals surface area (Å²) in [6.07, 6.45) is 4.31. The second-order valence-corrected chi connectivity index (χ2v) is 10.1. The zero-order chi connectivity index (χ0) is 20.9. The minimum atomic E-state index is -0.633. The SMILES string of the molecule is CC1CN(c2cc(SNC3(C#N)COC3)cn3c(C(=N)[Se])c(C4CC4)nc23)CCN1. The van der Waals surface area contributed by atoms with Gasteiger partial charge in [-0.15, -0.1) is 0 Å². The molecule has 157 valence electrons. The number of pyridine rings is 1. The molecular formula is C20H24N7OSSe. The third-order valence-corrected chi connectivity index (χ3v) is 7.22. The number of piperazine rings is 1. The topological polar surface area (TPSA) is 101 Å². The zero-order valence-corrected chi connectivity index (χ0v) is 19.3. The van der Waals surface area contributed by atoms with Gasteiger partial charge >= 0.3 is 188 Å². The average Bonchev–Trinajstić information content (AvgIpc) is 3.46. The summed E-state index contributed by atoms with van der Waals surface area (Å²) in [6, 6.07) is 4.89. The first kappa shape index (κ1) is 20.3. The average molecular weight is 489 g/mol. The molecule has 0 bridgehead atoms. The van der Waals surface area contributed by atoms with Gasteiger partial charge in [-0.2, -0.15) is 0 Å². The van der Waals surface area contributed by atoms with Gasteiger partial charge in [-0.3, -0.25) is 0 Å². The van der Waals surface area contributed by atoms with Crippen LogP contribution in [0.5, 0.6) is 0 Å². The van der Waals surface area contributed by atoms with Crippen LogP contribution in [-0.4, -0.2) is 74.4 Å². The predicted octanol–water partition coefficient (Wildman–Crippen LogP) is 1.39. The van der Waals surface area contributed by atoms with E-state index in [1.807, 2.05) is 6.20 Å². The van der Waals surface area contributed by atoms with E-state index in [4.69, 9.17) is 15.1 Å². The van der Waals surface area contributed by atoms with E-state index in [0.717, 1.165) is 60.1 Å². The van der Waals surface area contributed by atoms with Gasteiger partial charge in [0.15, 0.2) is 0 Å². The molecule has 0 amide bonds. The fourth-order valence-electron chi connectivity index (χ4n) is 4.04. The van der Waals surface area contributed by atoms with Crippen LogP contribution in [0, 0.1) is 16.7 Å². The van der Waals surface area contributed by atoms with Crippen LogP contribution in [0.25, 0.3) is 5.65 Å². The Bertz CT molecular complexity index is 1040. The van der Waals surface area contributed by atoms with Gasteiger partial charge in [0, 0.05) is 0 Å². The number of hydrogen-bond acceptors (Lipinski definition) is 8. The molecule has 1 atom stereocenters. The molecule has 1 aliphatic carbocycles. The van der Waals surface area contributed by atoms with E-state index in [9.17, 15) is 5.26 Å². The normalized spacial score (nSPS) is 23.2. The Morgan fingerprint density at radius 1 is 1.50 bits per heavy atom. The number of anilines is 1. The summed E-state index contributed by atoms with van der Waals surface area (Å²) in [5.74, 6) is 0.451. The zero-order valence-electron chi connectivity index (χ0n) is 16.8. The van der Waals surface area contributed by atoms with Crippen molar-refractivity contribution in [3.63, 3.8) is 0 Å². The Hall–Kier alpha value is -1.60. The molecule has 0 spiro atoms. The summed E-state index contributed by atoms with van der Waals surface area (Å²) in [7, 11) is 0. The molecular weight excluding hydrogens is 465 g/mol. The van der Waals surface area contributed by atoms with Crippen molar-refractivity contribution in [1.29, 1.82) is 10.7 Å². The molecule has 2 aromatic rings. The maximum absolute atomic E-state index is 9.49. The number of fused-ring (bicyclic) bond motifs is 1. The first-order valence-electron chi connectivity index (χ1n) is 10.2. The van der Waals surface area contributed by atoms with Gasteiger partial charge in [0.25, 0.3) is 0 Å². The van der Waals surface area contributed by atoms with Gasteiger partial charge in [-0.1, -0.05) is 0 Å². The number of nitrogens with one attached hydrogen (secondary N) is 3. The van der Waals surface area contributed by atoms with Crippen LogP contribution < -0.4 is 14.9 Å². The van der Waals surface area contributed by atoms with Crippen molar-refractivity contribution in [2.45, 2.75) is 42.2 Å². The molecule has 2 aliphatic heterocycles. The molecule has 1 radical (unpaired) electrons. The van der Waals surface area contributed by atoms with E-state index >= 15 is 0 Å². The molecule has 2 aromatic heterocycles. The number of nitriles is 1. The fourth-order valence-corrected chi connectivity index (χ4v) is 5.27. The van der Waals surface area contributed by atoms with Crippen LogP contribution >= 0.6 is 11.9 Å². The van der Waals surface area contributed by atoms with Gasteiger partial charge in [0.2, 0.25) is 0 Å². The van der Waals surface area contributed by atoms with Crippen LogP contribution in [0.1, 0.15) is 37.1 Å². The van der Waals surface area contributed by atoms with E-state index in [-0.39, 0.29) is 0 Å². The van der Waals surface area contributed by atoms with E-state index in [0.29, 0.717) is 29.8 Å². The number of nitrogens with zero attached hydrogens (tertiary/aromatic N) is 4. The molecule has 2 saturated heterocycles. The Morgan fingerprint density at radius 3 is 2.90 bits per heavy atom. The Labute approximate surface area is 188 Å². The molecule has 4 heterocycles. The Morgan fingerprint density at radius 2 is 2.30 bits per heavy atom. The first-order chi connectivity index (χ1) is 14.5. The molecule has 1 unspecified atom stereocenters. The molecule has 3 fully saturated rings. The third kappa shape index (κ3) is 3.64. The molecule has 5 rings (SSSR count). The van der Waals surface area contributed by atoms with Crippen LogP contribution in [0.2, 0.25) is 0 Å². The summed E-state index contributed by atoms with van der Waals surface area (Å²) in [5, 5.41) is 21.4. The Balaban J connectivity index is 1.59. The van der Waals surface area contributed by atoms with Crippen LogP contribution in [0.3, 0.4) is 0 Å². The van der Waals surface area contributed by atoms with Crippen molar-refractivity contribution in [2.24, 2.45) is 0 Å².